The minimum atomic E-state index is -0.292. The third kappa shape index (κ3) is 2.77. The van der Waals surface area contributed by atoms with E-state index in [4.69, 9.17) is 6.42 Å². The molecule has 1 saturated carbocycles. The quantitative estimate of drug-likeness (QED) is 0.844. The summed E-state index contributed by atoms with van der Waals surface area (Å²) in [7, 11) is 0. The van der Waals surface area contributed by atoms with Crippen LogP contribution in [0.2, 0.25) is 0 Å². The molecule has 21 heavy (non-hydrogen) atoms. The van der Waals surface area contributed by atoms with E-state index in [1.54, 1.807) is 12.1 Å². The van der Waals surface area contributed by atoms with Crippen molar-refractivity contribution >= 4 is 23.0 Å². The maximum Gasteiger partial charge on any atom is 0.320 e. The fraction of sp³-hybridized carbons (Fsp3) is 0.333. The van der Waals surface area contributed by atoms with Gasteiger partial charge in [-0.1, -0.05) is 0 Å². The highest BCUT2D eigenvalue weighted by Crippen LogP contribution is 2.40. The zero-order valence-electron chi connectivity index (χ0n) is 11.7. The van der Waals surface area contributed by atoms with Gasteiger partial charge in [0.1, 0.15) is 17.0 Å². The first-order valence-corrected chi connectivity index (χ1v) is 6.91. The van der Waals surface area contributed by atoms with Crippen molar-refractivity contribution in [2.75, 3.05) is 11.9 Å². The molecular weight excluding hydrogens is 266 g/mol. The summed E-state index contributed by atoms with van der Waals surface area (Å²) in [5, 5.41) is 5.31. The smallest absolute Gasteiger partial charge is 0.320 e. The van der Waals surface area contributed by atoms with E-state index >= 15 is 0 Å². The molecule has 0 unspecified atom stereocenters. The average Bonchev–Trinajstić information content (AvgIpc) is 3.30. The van der Waals surface area contributed by atoms with E-state index in [0.29, 0.717) is 35.1 Å². The van der Waals surface area contributed by atoms with Crippen molar-refractivity contribution in [2.45, 2.75) is 25.7 Å². The minimum Gasteiger partial charge on any atom is -0.338 e. The van der Waals surface area contributed by atoms with Gasteiger partial charge in [-0.25, -0.2) is 19.7 Å². The molecule has 0 radical (unpaired) electrons. The first kappa shape index (κ1) is 13.3. The lowest BCUT2D eigenvalue weighted by atomic mass is 10.2. The van der Waals surface area contributed by atoms with Gasteiger partial charge in [0.05, 0.1) is 5.69 Å². The maximum atomic E-state index is 11.5. The van der Waals surface area contributed by atoms with Crippen LogP contribution in [0.5, 0.6) is 0 Å². The molecule has 0 saturated heterocycles. The summed E-state index contributed by atoms with van der Waals surface area (Å²) in [6.45, 7) is 2.40. The van der Waals surface area contributed by atoms with Crippen LogP contribution in [0.3, 0.4) is 0 Å². The second kappa shape index (κ2) is 5.37. The molecule has 2 N–H and O–H groups in total. The molecule has 2 heterocycles. The van der Waals surface area contributed by atoms with Gasteiger partial charge in [-0.05, 0) is 37.8 Å². The Labute approximate surface area is 122 Å². The second-order valence-electron chi connectivity index (χ2n) is 4.90. The molecule has 1 fully saturated rings. The number of nitrogens with zero attached hydrogens (tertiary/aromatic N) is 3. The van der Waals surface area contributed by atoms with Gasteiger partial charge in [-0.2, -0.15) is 0 Å². The van der Waals surface area contributed by atoms with Crippen molar-refractivity contribution in [3.8, 4) is 12.3 Å². The van der Waals surface area contributed by atoms with E-state index in [-0.39, 0.29) is 6.03 Å². The zero-order chi connectivity index (χ0) is 14.8. The van der Waals surface area contributed by atoms with E-state index in [2.05, 4.69) is 31.5 Å². The maximum absolute atomic E-state index is 11.5. The predicted molar refractivity (Wildman–Crippen MR) is 79.9 cm³/mol. The molecule has 0 aliphatic heterocycles. The standard InChI is InChI=1S/C15H15N5O/c1-3-10-13(9-5-6-9)20-14-11(17-10)7-8-12(18-14)19-15(21)16-4-2/h1,7-9H,4-6H2,2H3,(H2,16,18,19,20,21). The number of urea groups is 1. The molecule has 6 heteroatoms. The number of hydrogen-bond donors (Lipinski definition) is 2. The SMILES string of the molecule is C#Cc1nc2ccc(NC(=O)NCC)nc2nc1C1CC1. The molecule has 3 rings (SSSR count). The number of pyridine rings is 1. The van der Waals surface area contributed by atoms with Crippen LogP contribution >= 0.6 is 0 Å². The molecule has 0 aromatic carbocycles. The van der Waals surface area contributed by atoms with Crippen molar-refractivity contribution < 1.29 is 4.79 Å². The molecule has 0 bridgehead atoms. The van der Waals surface area contributed by atoms with Crippen molar-refractivity contribution in [3.63, 3.8) is 0 Å². The lowest BCUT2D eigenvalue weighted by Gasteiger charge is -2.07. The number of carbonyl (C=O) groups is 1. The van der Waals surface area contributed by atoms with Crippen LogP contribution in [0.4, 0.5) is 10.6 Å². The van der Waals surface area contributed by atoms with Crippen LogP contribution in [-0.2, 0) is 0 Å². The largest absolute Gasteiger partial charge is 0.338 e. The van der Waals surface area contributed by atoms with Gasteiger partial charge in [0.25, 0.3) is 0 Å². The minimum absolute atomic E-state index is 0.292. The summed E-state index contributed by atoms with van der Waals surface area (Å²) in [5.74, 6) is 3.43. The summed E-state index contributed by atoms with van der Waals surface area (Å²) in [6, 6.07) is 3.15. The summed E-state index contributed by atoms with van der Waals surface area (Å²) in [4.78, 5) is 24.8. The van der Waals surface area contributed by atoms with Crippen LogP contribution in [0.1, 0.15) is 37.1 Å². The number of terminal acetylenes is 1. The number of rotatable bonds is 3. The Hall–Kier alpha value is -2.68. The van der Waals surface area contributed by atoms with Gasteiger partial charge < -0.3 is 5.32 Å². The first-order valence-electron chi connectivity index (χ1n) is 6.91. The van der Waals surface area contributed by atoms with Gasteiger partial charge in [0.2, 0.25) is 0 Å². The van der Waals surface area contributed by atoms with E-state index in [1.165, 1.54) is 0 Å². The summed E-state index contributed by atoms with van der Waals surface area (Å²) >= 11 is 0. The fourth-order valence-corrected chi connectivity index (χ4v) is 2.09. The number of carbonyl (C=O) groups excluding carboxylic acids is 1. The average molecular weight is 281 g/mol. The van der Waals surface area contributed by atoms with Crippen LogP contribution in [0, 0.1) is 12.3 Å². The number of nitrogens with one attached hydrogen (secondary N) is 2. The molecule has 2 aromatic rings. The van der Waals surface area contributed by atoms with Crippen LogP contribution in [0.15, 0.2) is 12.1 Å². The van der Waals surface area contributed by atoms with Crippen molar-refractivity contribution in [1.29, 1.82) is 0 Å². The number of anilines is 1. The molecule has 0 atom stereocenters. The van der Waals surface area contributed by atoms with Crippen molar-refractivity contribution in [1.82, 2.24) is 20.3 Å². The zero-order valence-corrected chi connectivity index (χ0v) is 11.7. The predicted octanol–water partition coefficient (Wildman–Crippen LogP) is 2.02. The third-order valence-electron chi connectivity index (χ3n) is 3.24. The Morgan fingerprint density at radius 1 is 1.38 bits per heavy atom. The molecule has 0 spiro atoms. The van der Waals surface area contributed by atoms with Gasteiger partial charge in [0.15, 0.2) is 5.65 Å². The van der Waals surface area contributed by atoms with Gasteiger partial charge in [-0.3, -0.25) is 5.32 Å². The van der Waals surface area contributed by atoms with E-state index in [9.17, 15) is 4.79 Å². The normalized spacial score (nSPS) is 13.7. The Morgan fingerprint density at radius 3 is 2.86 bits per heavy atom. The van der Waals surface area contributed by atoms with Crippen molar-refractivity contribution in [3.05, 3.63) is 23.5 Å². The number of hydrogen-bond acceptors (Lipinski definition) is 4. The van der Waals surface area contributed by atoms with Gasteiger partial charge in [0, 0.05) is 12.5 Å². The molecule has 2 amide bonds. The number of aromatic nitrogens is 3. The highest BCUT2D eigenvalue weighted by molar-refractivity contribution is 5.89. The Morgan fingerprint density at radius 2 is 2.19 bits per heavy atom. The van der Waals surface area contributed by atoms with Gasteiger partial charge in [-0.15, -0.1) is 6.42 Å². The van der Waals surface area contributed by atoms with Gasteiger partial charge >= 0.3 is 6.03 Å². The third-order valence-corrected chi connectivity index (χ3v) is 3.24. The first-order chi connectivity index (χ1) is 10.2. The Balaban J connectivity index is 1.97. The highest BCUT2D eigenvalue weighted by atomic mass is 16.2. The van der Waals surface area contributed by atoms with Crippen LogP contribution < -0.4 is 10.6 Å². The van der Waals surface area contributed by atoms with Crippen molar-refractivity contribution in [2.24, 2.45) is 0 Å². The van der Waals surface area contributed by atoms with E-state index < -0.39 is 0 Å². The summed E-state index contributed by atoms with van der Waals surface area (Å²) in [5.41, 5.74) is 2.57. The molecule has 2 aromatic heterocycles. The summed E-state index contributed by atoms with van der Waals surface area (Å²) in [6.07, 6.45) is 7.68. The van der Waals surface area contributed by atoms with Crippen LogP contribution in [-0.4, -0.2) is 27.5 Å². The number of fused-ring (bicyclic) bond motifs is 1. The van der Waals surface area contributed by atoms with Crippen LogP contribution in [0.25, 0.3) is 11.2 Å². The molecular formula is C15H15N5O. The Bertz CT molecular complexity index is 746. The highest BCUT2D eigenvalue weighted by Gasteiger charge is 2.28. The van der Waals surface area contributed by atoms with E-state index in [1.807, 2.05) is 6.92 Å². The molecule has 1 aliphatic carbocycles. The monoisotopic (exact) mass is 281 g/mol. The lowest BCUT2D eigenvalue weighted by molar-refractivity contribution is 0.252. The topological polar surface area (TPSA) is 79.8 Å². The second-order valence-corrected chi connectivity index (χ2v) is 4.90. The van der Waals surface area contributed by atoms with E-state index in [0.717, 1.165) is 18.5 Å². The molecule has 1 aliphatic rings. The molecule has 6 nitrogen and oxygen atoms in total. The summed E-state index contributed by atoms with van der Waals surface area (Å²) < 4.78 is 0. The fourth-order valence-electron chi connectivity index (χ4n) is 2.09. The lowest BCUT2D eigenvalue weighted by Crippen LogP contribution is -2.28. The Kier molecular flexibility index (Phi) is 3.40. The number of amides is 2. The molecule has 106 valence electrons.